The molecule has 4 rings (SSSR count). The van der Waals surface area contributed by atoms with E-state index in [-0.39, 0.29) is 17.6 Å². The molecule has 29 heavy (non-hydrogen) atoms. The number of carbonyl (C=O) groups is 2. The van der Waals surface area contributed by atoms with Crippen molar-refractivity contribution in [3.8, 4) is 0 Å². The summed E-state index contributed by atoms with van der Waals surface area (Å²) in [5, 5.41) is 4.63. The molecule has 0 radical (unpaired) electrons. The maximum atomic E-state index is 12.7. The van der Waals surface area contributed by atoms with E-state index in [1.807, 2.05) is 30.3 Å². The first-order chi connectivity index (χ1) is 14.2. The highest BCUT2D eigenvalue weighted by molar-refractivity contribution is 8.00. The number of pyridine rings is 1. The lowest BCUT2D eigenvalue weighted by Gasteiger charge is -2.12. The van der Waals surface area contributed by atoms with Crippen LogP contribution >= 0.6 is 23.1 Å². The second-order valence-electron chi connectivity index (χ2n) is 6.80. The second kappa shape index (κ2) is 8.97. The van der Waals surface area contributed by atoms with Gasteiger partial charge in [0, 0.05) is 21.4 Å². The molecule has 1 amide bonds. The van der Waals surface area contributed by atoms with Crippen LogP contribution in [0.4, 0.5) is 5.00 Å². The Morgan fingerprint density at radius 3 is 2.90 bits per heavy atom. The highest BCUT2D eigenvalue weighted by Crippen LogP contribution is 2.38. The minimum atomic E-state index is -0.340. The van der Waals surface area contributed by atoms with E-state index < -0.39 is 0 Å². The van der Waals surface area contributed by atoms with Crippen molar-refractivity contribution in [2.75, 3.05) is 17.7 Å². The molecule has 150 valence electrons. The third-order valence-corrected chi connectivity index (χ3v) is 7.11. The molecule has 1 aliphatic rings. The first kappa shape index (κ1) is 19.9. The Hall–Kier alpha value is -2.38. The number of hydrogen-bond acceptors (Lipinski definition) is 6. The Kier molecular flexibility index (Phi) is 6.16. The lowest BCUT2D eigenvalue weighted by molar-refractivity contribution is -0.113. The Morgan fingerprint density at radius 1 is 1.21 bits per heavy atom. The molecule has 0 unspecified atom stereocenters. The number of rotatable bonds is 6. The van der Waals surface area contributed by atoms with Gasteiger partial charge in [-0.25, -0.2) is 4.79 Å². The number of fused-ring (bicyclic) bond motifs is 2. The standard InChI is InChI=1S/C22H22N2O3S2/c1-2-27-22(26)19-15-9-3-4-10-16(15)29-21(19)24-18(25)13-28-17-11-5-7-14-8-6-12-23-20(14)17/h5-8,11-12H,2-4,9-10,13H2,1H3,(H,24,25). The average molecular weight is 427 g/mol. The number of thiophene rings is 1. The van der Waals surface area contributed by atoms with E-state index in [2.05, 4.69) is 10.3 Å². The molecule has 3 aromatic rings. The van der Waals surface area contributed by atoms with Crippen molar-refractivity contribution in [1.29, 1.82) is 0 Å². The summed E-state index contributed by atoms with van der Waals surface area (Å²) >= 11 is 2.96. The summed E-state index contributed by atoms with van der Waals surface area (Å²) in [5.41, 5.74) is 2.50. The molecule has 1 aromatic carbocycles. The molecule has 2 heterocycles. The number of anilines is 1. The van der Waals surface area contributed by atoms with Crippen molar-refractivity contribution in [1.82, 2.24) is 4.98 Å². The Labute approximate surface area is 177 Å². The van der Waals surface area contributed by atoms with Gasteiger partial charge in [0.25, 0.3) is 0 Å². The molecule has 0 saturated heterocycles. The molecule has 0 spiro atoms. The van der Waals surface area contributed by atoms with Crippen molar-refractivity contribution < 1.29 is 14.3 Å². The number of benzene rings is 1. The molecular formula is C22H22N2O3S2. The number of ether oxygens (including phenoxy) is 1. The highest BCUT2D eigenvalue weighted by atomic mass is 32.2. The third-order valence-electron chi connectivity index (χ3n) is 4.86. The van der Waals surface area contributed by atoms with Crippen LogP contribution in [-0.2, 0) is 22.4 Å². The van der Waals surface area contributed by atoms with Crippen molar-refractivity contribution in [3.63, 3.8) is 0 Å². The molecule has 0 bridgehead atoms. The maximum Gasteiger partial charge on any atom is 0.341 e. The first-order valence-electron chi connectivity index (χ1n) is 9.75. The largest absolute Gasteiger partial charge is 0.462 e. The van der Waals surface area contributed by atoms with E-state index >= 15 is 0 Å². The number of thioether (sulfide) groups is 1. The zero-order chi connectivity index (χ0) is 20.2. The van der Waals surface area contributed by atoms with E-state index in [1.165, 1.54) is 28.0 Å². The molecule has 0 aliphatic heterocycles. The molecule has 2 aromatic heterocycles. The molecule has 1 N–H and O–H groups in total. The van der Waals surface area contributed by atoms with E-state index in [0.29, 0.717) is 17.2 Å². The van der Waals surface area contributed by atoms with E-state index in [4.69, 9.17) is 4.74 Å². The van der Waals surface area contributed by atoms with Gasteiger partial charge in [-0.2, -0.15) is 0 Å². The van der Waals surface area contributed by atoms with Gasteiger partial charge < -0.3 is 10.1 Å². The van der Waals surface area contributed by atoms with E-state index in [1.54, 1.807) is 13.1 Å². The third kappa shape index (κ3) is 4.31. The number of aromatic nitrogens is 1. The van der Waals surface area contributed by atoms with Crippen molar-refractivity contribution in [3.05, 3.63) is 52.5 Å². The Balaban J connectivity index is 1.51. The average Bonchev–Trinajstić information content (AvgIpc) is 3.10. The van der Waals surface area contributed by atoms with E-state index in [9.17, 15) is 9.59 Å². The summed E-state index contributed by atoms with van der Waals surface area (Å²) in [6.45, 7) is 2.12. The van der Waals surface area contributed by atoms with Crippen molar-refractivity contribution in [2.45, 2.75) is 37.5 Å². The maximum absolute atomic E-state index is 12.7. The highest BCUT2D eigenvalue weighted by Gasteiger charge is 2.27. The van der Waals surface area contributed by atoms with Gasteiger partial charge in [-0.3, -0.25) is 9.78 Å². The molecule has 0 atom stereocenters. The van der Waals surface area contributed by atoms with Gasteiger partial charge in [-0.15, -0.1) is 23.1 Å². The molecular weight excluding hydrogens is 404 g/mol. The fourth-order valence-corrected chi connectivity index (χ4v) is 5.71. The SMILES string of the molecule is CCOC(=O)c1c(NC(=O)CSc2cccc3cccnc23)sc2c1CCCC2. The van der Waals surface area contributed by atoms with Crippen LogP contribution in [0.1, 0.15) is 40.6 Å². The summed E-state index contributed by atoms with van der Waals surface area (Å²) in [6, 6.07) is 9.86. The molecule has 0 fully saturated rings. The first-order valence-corrected chi connectivity index (χ1v) is 11.6. The molecule has 5 nitrogen and oxygen atoms in total. The topological polar surface area (TPSA) is 68.3 Å². The summed E-state index contributed by atoms with van der Waals surface area (Å²) in [4.78, 5) is 31.8. The Bertz CT molecular complexity index is 1060. The van der Waals surface area contributed by atoms with Crippen molar-refractivity contribution >= 4 is 50.9 Å². The summed E-state index contributed by atoms with van der Waals surface area (Å²) in [6.07, 6.45) is 5.76. The summed E-state index contributed by atoms with van der Waals surface area (Å²) in [5.74, 6) is -0.222. The molecule has 1 aliphatic carbocycles. The van der Waals surface area contributed by atoms with Crippen LogP contribution in [-0.4, -0.2) is 29.2 Å². The summed E-state index contributed by atoms with van der Waals surface area (Å²) < 4.78 is 5.26. The van der Waals surface area contributed by atoms with Crippen molar-refractivity contribution in [2.24, 2.45) is 0 Å². The van der Waals surface area contributed by atoms with Crippen LogP contribution in [0.3, 0.4) is 0 Å². The quantitative estimate of drug-likeness (QED) is 0.440. The number of nitrogens with one attached hydrogen (secondary N) is 1. The Morgan fingerprint density at radius 2 is 2.03 bits per heavy atom. The fraction of sp³-hybridized carbons (Fsp3) is 0.318. The monoisotopic (exact) mass is 426 g/mol. The van der Waals surface area contributed by atoms with Gasteiger partial charge >= 0.3 is 5.97 Å². The van der Waals surface area contributed by atoms with Crippen LogP contribution in [0.25, 0.3) is 10.9 Å². The number of hydrogen-bond donors (Lipinski definition) is 1. The number of carbonyl (C=O) groups excluding carboxylic acids is 2. The summed E-state index contributed by atoms with van der Waals surface area (Å²) in [7, 11) is 0. The second-order valence-corrected chi connectivity index (χ2v) is 8.93. The van der Waals surface area contributed by atoms with Gasteiger partial charge in [0.1, 0.15) is 5.00 Å². The van der Waals surface area contributed by atoms with Gasteiger partial charge in [-0.1, -0.05) is 18.2 Å². The van der Waals surface area contributed by atoms with Gasteiger partial charge in [-0.05, 0) is 50.3 Å². The van der Waals surface area contributed by atoms with Crippen LogP contribution < -0.4 is 5.32 Å². The zero-order valence-corrected chi connectivity index (χ0v) is 17.8. The van der Waals surface area contributed by atoms with Crippen LogP contribution in [0.2, 0.25) is 0 Å². The number of para-hydroxylation sites is 1. The number of amides is 1. The predicted molar refractivity (Wildman–Crippen MR) is 118 cm³/mol. The van der Waals surface area contributed by atoms with Crippen LogP contribution in [0.5, 0.6) is 0 Å². The fourth-order valence-electron chi connectivity index (χ4n) is 3.57. The van der Waals surface area contributed by atoms with Gasteiger partial charge in [0.2, 0.25) is 5.91 Å². The zero-order valence-electron chi connectivity index (χ0n) is 16.2. The predicted octanol–water partition coefficient (Wildman–Crippen LogP) is 5.08. The number of nitrogens with zero attached hydrogens (tertiary/aromatic N) is 1. The van der Waals surface area contributed by atoms with Crippen LogP contribution in [0.15, 0.2) is 41.4 Å². The smallest absolute Gasteiger partial charge is 0.341 e. The lowest BCUT2D eigenvalue weighted by atomic mass is 9.95. The van der Waals surface area contributed by atoms with Crippen LogP contribution in [0, 0.1) is 0 Å². The van der Waals surface area contributed by atoms with Gasteiger partial charge in [0.15, 0.2) is 0 Å². The lowest BCUT2D eigenvalue weighted by Crippen LogP contribution is -2.17. The normalized spacial score (nSPS) is 13.1. The van der Waals surface area contributed by atoms with Gasteiger partial charge in [0.05, 0.1) is 23.4 Å². The minimum Gasteiger partial charge on any atom is -0.462 e. The number of aryl methyl sites for hydroxylation is 1. The number of esters is 1. The molecule has 7 heteroatoms. The van der Waals surface area contributed by atoms with E-state index in [0.717, 1.165) is 47.0 Å². The minimum absolute atomic E-state index is 0.132. The molecule has 0 saturated carbocycles.